The van der Waals surface area contributed by atoms with E-state index in [2.05, 4.69) is 10.3 Å². The van der Waals surface area contributed by atoms with Gasteiger partial charge in [-0.2, -0.15) is 5.26 Å². The highest BCUT2D eigenvalue weighted by Gasteiger charge is 2.13. The SMILES string of the molecule is CC[C@H](C)NC(=O)/C(C#N)=C/c1c(C)[nH]c2ccccc12. The predicted molar refractivity (Wildman–Crippen MR) is 84.5 cm³/mol. The van der Waals surface area contributed by atoms with Crippen LogP contribution in [0.15, 0.2) is 29.8 Å². The molecule has 1 aromatic carbocycles. The molecule has 0 aliphatic rings. The van der Waals surface area contributed by atoms with Crippen LogP contribution in [-0.2, 0) is 4.79 Å². The molecule has 0 spiro atoms. The van der Waals surface area contributed by atoms with Gasteiger partial charge in [0.05, 0.1) is 0 Å². The number of hydrogen-bond acceptors (Lipinski definition) is 2. The summed E-state index contributed by atoms with van der Waals surface area (Å²) in [7, 11) is 0. The minimum absolute atomic E-state index is 0.0540. The quantitative estimate of drug-likeness (QED) is 0.667. The van der Waals surface area contributed by atoms with Gasteiger partial charge in [0.1, 0.15) is 11.6 Å². The number of aromatic amines is 1. The number of para-hydroxylation sites is 1. The van der Waals surface area contributed by atoms with Gasteiger partial charge in [-0.15, -0.1) is 0 Å². The zero-order chi connectivity index (χ0) is 15.4. The fraction of sp³-hybridized carbons (Fsp3) is 0.294. The number of fused-ring (bicyclic) bond motifs is 1. The zero-order valence-electron chi connectivity index (χ0n) is 12.5. The largest absolute Gasteiger partial charge is 0.358 e. The monoisotopic (exact) mass is 281 g/mol. The average Bonchev–Trinajstić information content (AvgIpc) is 2.79. The lowest BCUT2D eigenvalue weighted by molar-refractivity contribution is -0.117. The van der Waals surface area contributed by atoms with Crippen molar-refractivity contribution < 1.29 is 4.79 Å². The van der Waals surface area contributed by atoms with Gasteiger partial charge in [0, 0.05) is 28.2 Å². The van der Waals surface area contributed by atoms with Crippen molar-refractivity contribution in [2.24, 2.45) is 0 Å². The maximum Gasteiger partial charge on any atom is 0.262 e. The number of aromatic nitrogens is 1. The molecule has 0 saturated heterocycles. The fourth-order valence-electron chi connectivity index (χ4n) is 2.18. The van der Waals surface area contributed by atoms with E-state index in [1.165, 1.54) is 0 Å². The van der Waals surface area contributed by atoms with E-state index < -0.39 is 0 Å². The molecular formula is C17H19N3O. The van der Waals surface area contributed by atoms with Crippen molar-refractivity contribution in [3.8, 4) is 6.07 Å². The number of benzene rings is 1. The molecule has 1 amide bonds. The Balaban J connectivity index is 2.41. The summed E-state index contributed by atoms with van der Waals surface area (Å²) in [4.78, 5) is 15.4. The first-order valence-electron chi connectivity index (χ1n) is 7.06. The summed E-state index contributed by atoms with van der Waals surface area (Å²) in [5.74, 6) is -0.323. The van der Waals surface area contributed by atoms with Crippen molar-refractivity contribution in [1.82, 2.24) is 10.3 Å². The number of nitrogens with one attached hydrogen (secondary N) is 2. The first kappa shape index (κ1) is 14.9. The molecule has 2 N–H and O–H groups in total. The van der Waals surface area contributed by atoms with Gasteiger partial charge in [0.15, 0.2) is 0 Å². The second-order valence-corrected chi connectivity index (χ2v) is 5.16. The Hall–Kier alpha value is -2.54. The number of nitriles is 1. The van der Waals surface area contributed by atoms with E-state index in [0.29, 0.717) is 0 Å². The number of carbonyl (C=O) groups is 1. The van der Waals surface area contributed by atoms with Crippen molar-refractivity contribution >= 4 is 22.9 Å². The van der Waals surface area contributed by atoms with Gasteiger partial charge in [-0.25, -0.2) is 0 Å². The molecule has 2 rings (SSSR count). The summed E-state index contributed by atoms with van der Waals surface area (Å²) < 4.78 is 0. The van der Waals surface area contributed by atoms with Crippen LogP contribution >= 0.6 is 0 Å². The highest BCUT2D eigenvalue weighted by molar-refractivity contribution is 6.04. The molecule has 1 atom stereocenters. The van der Waals surface area contributed by atoms with Crippen LogP contribution in [-0.4, -0.2) is 16.9 Å². The van der Waals surface area contributed by atoms with Crippen LogP contribution in [0.1, 0.15) is 31.5 Å². The Labute approximate surface area is 124 Å². The van der Waals surface area contributed by atoms with Crippen LogP contribution < -0.4 is 5.32 Å². The average molecular weight is 281 g/mol. The van der Waals surface area contributed by atoms with E-state index >= 15 is 0 Å². The molecule has 0 saturated carbocycles. The van der Waals surface area contributed by atoms with E-state index in [0.717, 1.165) is 28.6 Å². The van der Waals surface area contributed by atoms with Gasteiger partial charge < -0.3 is 10.3 Å². The third-order valence-electron chi connectivity index (χ3n) is 3.59. The molecule has 0 unspecified atom stereocenters. The second kappa shape index (κ2) is 6.27. The van der Waals surface area contributed by atoms with Gasteiger partial charge in [0.2, 0.25) is 0 Å². The van der Waals surface area contributed by atoms with Crippen LogP contribution in [0.25, 0.3) is 17.0 Å². The lowest BCUT2D eigenvalue weighted by Gasteiger charge is -2.10. The molecule has 0 bridgehead atoms. The van der Waals surface area contributed by atoms with Gasteiger partial charge in [-0.3, -0.25) is 4.79 Å². The Kier molecular flexibility index (Phi) is 4.44. The standard InChI is InChI=1S/C17H19N3O/c1-4-11(2)19-17(21)13(10-18)9-15-12(3)20-16-8-6-5-7-14(15)16/h5-9,11,20H,4H2,1-3H3,(H,19,21)/b13-9+/t11-/m0/s1. The topological polar surface area (TPSA) is 68.7 Å². The normalized spacial score (nSPS) is 13.0. The van der Waals surface area contributed by atoms with Crippen LogP contribution in [0.5, 0.6) is 0 Å². The molecular weight excluding hydrogens is 262 g/mol. The first-order chi connectivity index (χ1) is 10.1. The van der Waals surface area contributed by atoms with Crippen molar-refractivity contribution in [1.29, 1.82) is 5.26 Å². The van der Waals surface area contributed by atoms with E-state index in [1.54, 1.807) is 6.08 Å². The number of nitrogens with zero attached hydrogens (tertiary/aromatic N) is 1. The van der Waals surface area contributed by atoms with Gasteiger partial charge in [0.25, 0.3) is 5.91 Å². The minimum atomic E-state index is -0.323. The summed E-state index contributed by atoms with van der Waals surface area (Å²) in [6.45, 7) is 5.85. The summed E-state index contributed by atoms with van der Waals surface area (Å²) >= 11 is 0. The van der Waals surface area contributed by atoms with E-state index in [4.69, 9.17) is 0 Å². The molecule has 4 heteroatoms. The lowest BCUT2D eigenvalue weighted by Crippen LogP contribution is -2.32. The third-order valence-corrected chi connectivity index (χ3v) is 3.59. The number of rotatable bonds is 4. The summed E-state index contributed by atoms with van der Waals surface area (Å²) in [5.41, 5.74) is 2.96. The maximum atomic E-state index is 12.1. The zero-order valence-corrected chi connectivity index (χ0v) is 12.5. The number of aryl methyl sites for hydroxylation is 1. The van der Waals surface area contributed by atoms with Crippen molar-refractivity contribution in [3.63, 3.8) is 0 Å². The summed E-state index contributed by atoms with van der Waals surface area (Å²) in [6.07, 6.45) is 2.49. The first-order valence-corrected chi connectivity index (χ1v) is 7.06. The number of hydrogen-bond donors (Lipinski definition) is 2. The van der Waals surface area contributed by atoms with E-state index in [-0.39, 0.29) is 17.5 Å². The molecule has 4 nitrogen and oxygen atoms in total. The highest BCUT2D eigenvalue weighted by Crippen LogP contribution is 2.24. The fourth-order valence-corrected chi connectivity index (χ4v) is 2.18. The van der Waals surface area contributed by atoms with E-state index in [1.807, 2.05) is 51.1 Å². The van der Waals surface area contributed by atoms with Crippen LogP contribution in [0.2, 0.25) is 0 Å². The summed E-state index contributed by atoms with van der Waals surface area (Å²) in [6, 6.07) is 9.90. The van der Waals surface area contributed by atoms with Crippen LogP contribution in [0, 0.1) is 18.3 Å². The second-order valence-electron chi connectivity index (χ2n) is 5.16. The number of amides is 1. The number of H-pyrrole nitrogens is 1. The Morgan fingerprint density at radius 3 is 2.86 bits per heavy atom. The molecule has 2 aromatic rings. The smallest absolute Gasteiger partial charge is 0.262 e. The van der Waals surface area contributed by atoms with Crippen molar-refractivity contribution in [3.05, 3.63) is 41.1 Å². The Morgan fingerprint density at radius 1 is 1.48 bits per heavy atom. The molecule has 0 aliphatic heterocycles. The minimum Gasteiger partial charge on any atom is -0.358 e. The van der Waals surface area contributed by atoms with E-state index in [9.17, 15) is 10.1 Å². The molecule has 1 heterocycles. The molecule has 108 valence electrons. The van der Waals surface area contributed by atoms with Crippen molar-refractivity contribution in [2.45, 2.75) is 33.2 Å². The Morgan fingerprint density at radius 2 is 2.19 bits per heavy atom. The Bertz CT molecular complexity index is 734. The number of carbonyl (C=O) groups excluding carboxylic acids is 1. The van der Waals surface area contributed by atoms with Crippen LogP contribution in [0.4, 0.5) is 0 Å². The molecule has 21 heavy (non-hydrogen) atoms. The van der Waals surface area contributed by atoms with Crippen LogP contribution in [0.3, 0.4) is 0 Å². The molecule has 0 fully saturated rings. The maximum absolute atomic E-state index is 12.1. The van der Waals surface area contributed by atoms with Gasteiger partial charge in [-0.05, 0) is 32.4 Å². The summed E-state index contributed by atoms with van der Waals surface area (Å²) in [5, 5.41) is 13.1. The predicted octanol–water partition coefficient (Wildman–Crippen LogP) is 3.30. The third kappa shape index (κ3) is 3.14. The van der Waals surface area contributed by atoms with Gasteiger partial charge in [-0.1, -0.05) is 25.1 Å². The molecule has 0 aliphatic carbocycles. The molecule has 0 radical (unpaired) electrons. The molecule has 1 aromatic heterocycles. The van der Waals surface area contributed by atoms with Gasteiger partial charge >= 0.3 is 0 Å². The lowest BCUT2D eigenvalue weighted by atomic mass is 10.1. The highest BCUT2D eigenvalue weighted by atomic mass is 16.1. The van der Waals surface area contributed by atoms with Crippen molar-refractivity contribution in [2.75, 3.05) is 0 Å².